The predicted octanol–water partition coefficient (Wildman–Crippen LogP) is 5.15. The summed E-state index contributed by atoms with van der Waals surface area (Å²) in [5, 5.41) is 8.52. The van der Waals surface area contributed by atoms with Crippen molar-refractivity contribution in [1.82, 2.24) is 0 Å². The Balaban J connectivity index is 2.12. The smallest absolute Gasteiger partial charge is 0.365 e. The van der Waals surface area contributed by atoms with E-state index in [2.05, 4.69) is 31.9 Å². The molecule has 0 spiro atoms. The van der Waals surface area contributed by atoms with Crippen molar-refractivity contribution in [3.63, 3.8) is 0 Å². The summed E-state index contributed by atoms with van der Waals surface area (Å²) < 4.78 is 28.7. The lowest BCUT2D eigenvalue weighted by molar-refractivity contribution is -0.134. The molecule has 1 aliphatic carbocycles. The Bertz CT molecular complexity index is 641. The first-order valence-electron chi connectivity index (χ1n) is 6.19. The molecule has 0 aromatic heterocycles. The number of carboxylic acids is 1. The SMILES string of the molecule is CC(/C=C/C1C(F)C1c1ccc(Br)c(Br)c1)=C(\F)C(=O)O. The second kappa shape index (κ2) is 6.40. The van der Waals surface area contributed by atoms with Crippen molar-refractivity contribution in [2.24, 2.45) is 5.92 Å². The zero-order valence-corrected chi connectivity index (χ0v) is 14.2. The Morgan fingerprint density at radius 3 is 2.57 bits per heavy atom. The Morgan fingerprint density at radius 1 is 1.33 bits per heavy atom. The van der Waals surface area contributed by atoms with Gasteiger partial charge in [-0.15, -0.1) is 0 Å². The Kier molecular flexibility index (Phi) is 4.99. The third-order valence-corrected chi connectivity index (χ3v) is 5.30. The summed E-state index contributed by atoms with van der Waals surface area (Å²) in [5.74, 6) is -3.45. The van der Waals surface area contributed by atoms with Crippen molar-refractivity contribution < 1.29 is 18.7 Å². The molecule has 0 saturated heterocycles. The van der Waals surface area contributed by atoms with E-state index in [-0.39, 0.29) is 17.4 Å². The second-order valence-electron chi connectivity index (χ2n) is 4.88. The molecule has 0 bridgehead atoms. The van der Waals surface area contributed by atoms with Gasteiger partial charge >= 0.3 is 5.97 Å². The van der Waals surface area contributed by atoms with Crippen molar-refractivity contribution in [2.45, 2.75) is 19.0 Å². The lowest BCUT2D eigenvalue weighted by Gasteiger charge is -2.01. The molecule has 1 N–H and O–H groups in total. The number of allylic oxidation sites excluding steroid dienone is 3. The van der Waals surface area contributed by atoms with E-state index in [4.69, 9.17) is 5.11 Å². The second-order valence-corrected chi connectivity index (χ2v) is 6.59. The van der Waals surface area contributed by atoms with Gasteiger partial charge in [0.15, 0.2) is 0 Å². The lowest BCUT2D eigenvalue weighted by Crippen LogP contribution is -1.96. The summed E-state index contributed by atoms with van der Waals surface area (Å²) >= 11 is 6.72. The minimum atomic E-state index is -1.61. The van der Waals surface area contributed by atoms with Crippen LogP contribution in [0.1, 0.15) is 18.4 Å². The Labute approximate surface area is 137 Å². The highest BCUT2D eigenvalue weighted by atomic mass is 79.9. The number of carbonyl (C=O) groups is 1. The molecule has 1 fully saturated rings. The fourth-order valence-corrected chi connectivity index (χ4v) is 2.79. The minimum Gasteiger partial charge on any atom is -0.476 e. The first-order chi connectivity index (χ1) is 9.82. The van der Waals surface area contributed by atoms with Crippen LogP contribution in [-0.4, -0.2) is 17.2 Å². The normalized spacial score (nSPS) is 25.9. The molecule has 3 atom stereocenters. The molecule has 2 nitrogen and oxygen atoms in total. The largest absolute Gasteiger partial charge is 0.476 e. The number of carboxylic acid groups (broad SMARTS) is 1. The molecular weight excluding hydrogens is 410 g/mol. The Hall–Kier alpha value is -1.01. The van der Waals surface area contributed by atoms with E-state index in [0.717, 1.165) is 14.5 Å². The van der Waals surface area contributed by atoms with Gasteiger partial charge in [0, 0.05) is 20.8 Å². The summed E-state index contributed by atoms with van der Waals surface area (Å²) in [6.07, 6.45) is 1.83. The molecule has 0 amide bonds. The number of hydrogen-bond acceptors (Lipinski definition) is 1. The van der Waals surface area contributed by atoms with Crippen LogP contribution in [0.15, 0.2) is 50.7 Å². The minimum absolute atomic E-state index is 0.0164. The molecule has 0 radical (unpaired) electrons. The molecule has 21 heavy (non-hydrogen) atoms. The van der Waals surface area contributed by atoms with Gasteiger partial charge < -0.3 is 5.11 Å². The lowest BCUT2D eigenvalue weighted by atomic mass is 10.1. The van der Waals surface area contributed by atoms with Gasteiger partial charge in [0.25, 0.3) is 0 Å². The van der Waals surface area contributed by atoms with Gasteiger partial charge in [0.05, 0.1) is 0 Å². The van der Waals surface area contributed by atoms with Crippen LogP contribution in [0, 0.1) is 5.92 Å². The average molecular weight is 422 g/mol. The highest BCUT2D eigenvalue weighted by Crippen LogP contribution is 2.52. The molecule has 0 aliphatic heterocycles. The van der Waals surface area contributed by atoms with Crippen LogP contribution in [0.3, 0.4) is 0 Å². The highest BCUT2D eigenvalue weighted by Gasteiger charge is 2.50. The van der Waals surface area contributed by atoms with Gasteiger partial charge in [-0.1, -0.05) is 18.2 Å². The van der Waals surface area contributed by atoms with Crippen molar-refractivity contribution in [1.29, 1.82) is 0 Å². The van der Waals surface area contributed by atoms with Gasteiger partial charge in [0.2, 0.25) is 5.83 Å². The molecular formula is C15H12Br2F2O2. The van der Waals surface area contributed by atoms with Gasteiger partial charge in [-0.3, -0.25) is 0 Å². The van der Waals surface area contributed by atoms with Crippen LogP contribution in [-0.2, 0) is 4.79 Å². The number of halogens is 4. The van der Waals surface area contributed by atoms with E-state index in [1.807, 2.05) is 18.2 Å². The van der Waals surface area contributed by atoms with Gasteiger partial charge in [-0.25, -0.2) is 9.18 Å². The number of aliphatic carboxylic acids is 1. The molecule has 6 heteroatoms. The number of alkyl halides is 1. The van der Waals surface area contributed by atoms with Crippen molar-refractivity contribution in [3.8, 4) is 0 Å². The molecule has 2 rings (SSSR count). The van der Waals surface area contributed by atoms with Crippen LogP contribution in [0.2, 0.25) is 0 Å². The van der Waals surface area contributed by atoms with Crippen LogP contribution < -0.4 is 0 Å². The maximum atomic E-state index is 13.9. The fourth-order valence-electron chi connectivity index (χ4n) is 2.14. The monoisotopic (exact) mass is 420 g/mol. The molecule has 1 aliphatic rings. The maximum absolute atomic E-state index is 13.9. The highest BCUT2D eigenvalue weighted by molar-refractivity contribution is 9.13. The molecule has 1 aromatic carbocycles. The van der Waals surface area contributed by atoms with E-state index < -0.39 is 18.0 Å². The van der Waals surface area contributed by atoms with Gasteiger partial charge in [-0.05, 0) is 62.1 Å². The summed E-state index contributed by atoms with van der Waals surface area (Å²) in [5.41, 5.74) is 0.838. The van der Waals surface area contributed by atoms with Gasteiger partial charge in [0.1, 0.15) is 6.17 Å². The first-order valence-corrected chi connectivity index (χ1v) is 7.78. The average Bonchev–Trinajstić information content (AvgIpc) is 3.08. The maximum Gasteiger partial charge on any atom is 0.365 e. The van der Waals surface area contributed by atoms with Crippen LogP contribution >= 0.6 is 31.9 Å². The molecule has 1 aromatic rings. The summed E-state index contributed by atoms with van der Waals surface area (Å²) in [4.78, 5) is 10.5. The van der Waals surface area contributed by atoms with E-state index in [1.54, 1.807) is 0 Å². The predicted molar refractivity (Wildman–Crippen MR) is 83.6 cm³/mol. The van der Waals surface area contributed by atoms with Crippen molar-refractivity contribution in [3.05, 3.63) is 56.3 Å². The number of benzene rings is 1. The molecule has 1 saturated carbocycles. The Morgan fingerprint density at radius 2 is 2.00 bits per heavy atom. The third kappa shape index (κ3) is 3.61. The van der Waals surface area contributed by atoms with E-state index in [9.17, 15) is 13.6 Å². The van der Waals surface area contributed by atoms with Crippen LogP contribution in [0.4, 0.5) is 8.78 Å². The third-order valence-electron chi connectivity index (χ3n) is 3.42. The zero-order valence-electron chi connectivity index (χ0n) is 11.0. The van der Waals surface area contributed by atoms with E-state index >= 15 is 0 Å². The molecule has 3 unspecified atom stereocenters. The van der Waals surface area contributed by atoms with E-state index in [0.29, 0.717) is 0 Å². The van der Waals surface area contributed by atoms with Crippen molar-refractivity contribution in [2.75, 3.05) is 0 Å². The van der Waals surface area contributed by atoms with Crippen LogP contribution in [0.25, 0.3) is 0 Å². The molecule has 0 heterocycles. The summed E-state index contributed by atoms with van der Waals surface area (Å²) in [6, 6.07) is 5.51. The molecule has 112 valence electrons. The quantitative estimate of drug-likeness (QED) is 0.539. The zero-order chi connectivity index (χ0) is 15.7. The standard InChI is InChI=1S/C15H12Br2F2O2/c1-7(13(18)15(20)21)2-4-9-12(14(9)19)8-3-5-10(16)11(17)6-8/h2-6,9,12,14H,1H3,(H,20,21)/b4-2+,13-7+. The summed E-state index contributed by atoms with van der Waals surface area (Å²) in [6.45, 7) is 1.35. The van der Waals surface area contributed by atoms with Crippen molar-refractivity contribution >= 4 is 37.8 Å². The van der Waals surface area contributed by atoms with Crippen LogP contribution in [0.5, 0.6) is 0 Å². The number of hydrogen-bond donors (Lipinski definition) is 1. The number of rotatable bonds is 4. The van der Waals surface area contributed by atoms with E-state index in [1.165, 1.54) is 19.1 Å². The first kappa shape index (κ1) is 16.4. The van der Waals surface area contributed by atoms with Gasteiger partial charge in [-0.2, -0.15) is 4.39 Å². The topological polar surface area (TPSA) is 37.3 Å². The fraction of sp³-hybridized carbons (Fsp3) is 0.267. The summed E-state index contributed by atoms with van der Waals surface area (Å²) in [7, 11) is 0.